The van der Waals surface area contributed by atoms with Gasteiger partial charge in [-0.3, -0.25) is 0 Å². The molecule has 1 fully saturated rings. The second-order valence-electron chi connectivity index (χ2n) is 5.66. The lowest BCUT2D eigenvalue weighted by Crippen LogP contribution is -2.36. The Labute approximate surface area is 96.0 Å². The highest BCUT2D eigenvalue weighted by Gasteiger charge is 2.26. The molecule has 1 rings (SSSR count). The van der Waals surface area contributed by atoms with Crippen molar-refractivity contribution in [3.63, 3.8) is 0 Å². The molecule has 0 aromatic heterocycles. The Bertz CT molecular complexity index is 157. The van der Waals surface area contributed by atoms with Crippen LogP contribution >= 0.6 is 0 Å². The maximum absolute atomic E-state index is 3.65. The van der Waals surface area contributed by atoms with E-state index in [4.69, 9.17) is 0 Å². The zero-order valence-corrected chi connectivity index (χ0v) is 11.1. The molecule has 15 heavy (non-hydrogen) atoms. The van der Waals surface area contributed by atoms with E-state index < -0.39 is 0 Å². The van der Waals surface area contributed by atoms with Gasteiger partial charge in [0.15, 0.2) is 0 Å². The summed E-state index contributed by atoms with van der Waals surface area (Å²) in [5.41, 5.74) is 0. The fourth-order valence-electron chi connectivity index (χ4n) is 2.85. The van der Waals surface area contributed by atoms with E-state index in [0.717, 1.165) is 23.8 Å². The highest BCUT2D eigenvalue weighted by molar-refractivity contribution is 4.80. The monoisotopic (exact) mass is 211 g/mol. The van der Waals surface area contributed by atoms with E-state index in [2.05, 4.69) is 33.0 Å². The van der Waals surface area contributed by atoms with Gasteiger partial charge in [0.05, 0.1) is 0 Å². The second-order valence-corrected chi connectivity index (χ2v) is 5.66. The van der Waals surface area contributed by atoms with Crippen LogP contribution in [0.5, 0.6) is 0 Å². The number of hydrogen-bond acceptors (Lipinski definition) is 1. The van der Waals surface area contributed by atoms with Crippen molar-refractivity contribution in [3.8, 4) is 0 Å². The van der Waals surface area contributed by atoms with Crippen molar-refractivity contribution >= 4 is 0 Å². The smallest absolute Gasteiger partial charge is 0.00669 e. The molecule has 0 aromatic carbocycles. The van der Waals surface area contributed by atoms with Crippen LogP contribution in [-0.4, -0.2) is 12.6 Å². The molecule has 0 bridgehead atoms. The Kier molecular flexibility index (Phi) is 5.66. The molecule has 1 aliphatic rings. The average molecular weight is 211 g/mol. The highest BCUT2D eigenvalue weighted by Crippen LogP contribution is 2.34. The predicted molar refractivity (Wildman–Crippen MR) is 68.0 cm³/mol. The molecule has 1 atom stereocenters. The molecule has 0 aromatic rings. The first kappa shape index (κ1) is 13.0. The lowest BCUT2D eigenvalue weighted by molar-refractivity contribution is 0.194. The Morgan fingerprint density at radius 2 is 1.53 bits per heavy atom. The van der Waals surface area contributed by atoms with Gasteiger partial charge in [-0.25, -0.2) is 0 Å². The molecule has 1 heteroatoms. The highest BCUT2D eigenvalue weighted by atomic mass is 14.9. The van der Waals surface area contributed by atoms with Crippen molar-refractivity contribution in [1.82, 2.24) is 5.32 Å². The minimum Gasteiger partial charge on any atom is -0.314 e. The summed E-state index contributed by atoms with van der Waals surface area (Å²) in [6.45, 7) is 10.6. The molecule has 0 heterocycles. The van der Waals surface area contributed by atoms with E-state index in [-0.39, 0.29) is 0 Å². The van der Waals surface area contributed by atoms with Crippen molar-refractivity contribution in [2.45, 2.75) is 65.8 Å². The number of rotatable bonds is 5. The Morgan fingerprint density at radius 3 is 2.00 bits per heavy atom. The van der Waals surface area contributed by atoms with Crippen LogP contribution in [0.25, 0.3) is 0 Å². The van der Waals surface area contributed by atoms with Crippen molar-refractivity contribution in [1.29, 1.82) is 0 Å². The maximum atomic E-state index is 3.65. The SMILES string of the molecule is CCCNC(C)C1CCC(C(C)C)CC1. The normalized spacial score (nSPS) is 29.4. The molecule has 1 nitrogen and oxygen atoms in total. The van der Waals surface area contributed by atoms with Crippen molar-refractivity contribution in [2.24, 2.45) is 17.8 Å². The molecule has 1 aliphatic carbocycles. The molecule has 90 valence electrons. The van der Waals surface area contributed by atoms with Crippen LogP contribution in [0.2, 0.25) is 0 Å². The van der Waals surface area contributed by atoms with E-state index in [1.807, 2.05) is 0 Å². The van der Waals surface area contributed by atoms with Crippen LogP contribution < -0.4 is 5.32 Å². The number of nitrogens with one attached hydrogen (secondary N) is 1. The van der Waals surface area contributed by atoms with Gasteiger partial charge < -0.3 is 5.32 Å². The fraction of sp³-hybridized carbons (Fsp3) is 1.00. The van der Waals surface area contributed by atoms with Crippen molar-refractivity contribution in [3.05, 3.63) is 0 Å². The quantitative estimate of drug-likeness (QED) is 0.728. The first-order valence-electron chi connectivity index (χ1n) is 6.88. The molecule has 1 unspecified atom stereocenters. The Hall–Kier alpha value is -0.0400. The third-order valence-electron chi connectivity index (χ3n) is 4.18. The summed E-state index contributed by atoms with van der Waals surface area (Å²) in [5, 5.41) is 3.65. The van der Waals surface area contributed by atoms with Crippen molar-refractivity contribution < 1.29 is 0 Å². The van der Waals surface area contributed by atoms with Crippen LogP contribution in [0.15, 0.2) is 0 Å². The van der Waals surface area contributed by atoms with Crippen LogP contribution in [-0.2, 0) is 0 Å². The van der Waals surface area contributed by atoms with Gasteiger partial charge in [-0.15, -0.1) is 0 Å². The summed E-state index contributed by atoms with van der Waals surface area (Å²) in [5.74, 6) is 2.83. The summed E-state index contributed by atoms with van der Waals surface area (Å²) in [6, 6.07) is 0.734. The fourth-order valence-corrected chi connectivity index (χ4v) is 2.85. The predicted octanol–water partition coefficient (Wildman–Crippen LogP) is 3.84. The average Bonchev–Trinajstić information content (AvgIpc) is 2.26. The molecule has 0 amide bonds. The molecule has 0 saturated heterocycles. The van der Waals surface area contributed by atoms with E-state index in [1.165, 1.54) is 38.6 Å². The molecular weight excluding hydrogens is 182 g/mol. The summed E-state index contributed by atoms with van der Waals surface area (Å²) in [4.78, 5) is 0. The minimum atomic E-state index is 0.734. The Balaban J connectivity index is 2.24. The van der Waals surface area contributed by atoms with Gasteiger partial charge in [-0.1, -0.05) is 20.8 Å². The second kappa shape index (κ2) is 6.52. The maximum Gasteiger partial charge on any atom is 0.00669 e. The molecule has 1 N–H and O–H groups in total. The van der Waals surface area contributed by atoms with Gasteiger partial charge in [-0.05, 0) is 63.3 Å². The van der Waals surface area contributed by atoms with Gasteiger partial charge in [0.2, 0.25) is 0 Å². The molecular formula is C14H29N. The van der Waals surface area contributed by atoms with Crippen LogP contribution in [0.4, 0.5) is 0 Å². The van der Waals surface area contributed by atoms with Crippen LogP contribution in [0.3, 0.4) is 0 Å². The van der Waals surface area contributed by atoms with Crippen molar-refractivity contribution in [2.75, 3.05) is 6.54 Å². The van der Waals surface area contributed by atoms with Gasteiger partial charge >= 0.3 is 0 Å². The van der Waals surface area contributed by atoms with Crippen LogP contribution in [0, 0.1) is 17.8 Å². The molecule has 1 saturated carbocycles. The van der Waals surface area contributed by atoms with Gasteiger partial charge in [0, 0.05) is 6.04 Å². The lowest BCUT2D eigenvalue weighted by Gasteiger charge is -2.34. The largest absolute Gasteiger partial charge is 0.314 e. The zero-order chi connectivity index (χ0) is 11.3. The third kappa shape index (κ3) is 4.14. The van der Waals surface area contributed by atoms with Gasteiger partial charge in [-0.2, -0.15) is 0 Å². The molecule has 0 radical (unpaired) electrons. The summed E-state index contributed by atoms with van der Waals surface area (Å²) in [7, 11) is 0. The van der Waals surface area contributed by atoms with Gasteiger partial charge in [0.25, 0.3) is 0 Å². The summed E-state index contributed by atoms with van der Waals surface area (Å²) in [6.07, 6.45) is 7.06. The topological polar surface area (TPSA) is 12.0 Å². The standard InChI is InChI=1S/C14H29N/c1-5-10-15-12(4)14-8-6-13(7-9-14)11(2)3/h11-15H,5-10H2,1-4H3. The first-order valence-corrected chi connectivity index (χ1v) is 6.88. The summed E-state index contributed by atoms with van der Waals surface area (Å²) >= 11 is 0. The van der Waals surface area contributed by atoms with E-state index >= 15 is 0 Å². The summed E-state index contributed by atoms with van der Waals surface area (Å²) < 4.78 is 0. The van der Waals surface area contributed by atoms with E-state index in [0.29, 0.717) is 0 Å². The third-order valence-corrected chi connectivity index (χ3v) is 4.18. The minimum absolute atomic E-state index is 0.734. The number of hydrogen-bond donors (Lipinski definition) is 1. The molecule has 0 aliphatic heterocycles. The van der Waals surface area contributed by atoms with Gasteiger partial charge in [0.1, 0.15) is 0 Å². The first-order chi connectivity index (χ1) is 7.15. The van der Waals surface area contributed by atoms with Crippen LogP contribution in [0.1, 0.15) is 59.8 Å². The van der Waals surface area contributed by atoms with E-state index in [9.17, 15) is 0 Å². The lowest BCUT2D eigenvalue weighted by atomic mass is 9.75. The molecule has 0 spiro atoms. The zero-order valence-electron chi connectivity index (χ0n) is 11.1. The Morgan fingerprint density at radius 1 is 1.00 bits per heavy atom. The van der Waals surface area contributed by atoms with E-state index in [1.54, 1.807) is 0 Å².